The molecule has 0 atom stereocenters. The van der Waals surface area contributed by atoms with Crippen LogP contribution in [0.25, 0.3) is 5.57 Å². The summed E-state index contributed by atoms with van der Waals surface area (Å²) in [6.07, 6.45) is 5.56. The predicted octanol–water partition coefficient (Wildman–Crippen LogP) is 6.60. The van der Waals surface area contributed by atoms with Crippen molar-refractivity contribution in [3.8, 4) is 11.5 Å². The number of ether oxygens (including phenoxy) is 3. The van der Waals surface area contributed by atoms with Crippen molar-refractivity contribution in [3.63, 3.8) is 0 Å². The molecule has 0 saturated carbocycles. The number of hydrogen-bond acceptors (Lipinski definition) is 4. The molecule has 7 heteroatoms. The topological polar surface area (TPSA) is 65.0 Å². The summed E-state index contributed by atoms with van der Waals surface area (Å²) in [5, 5.41) is 10.2. The highest BCUT2D eigenvalue weighted by Crippen LogP contribution is 2.37. The first kappa shape index (κ1) is 23.9. The summed E-state index contributed by atoms with van der Waals surface area (Å²) < 4.78 is 16.5. The lowest BCUT2D eigenvalue weighted by atomic mass is 10.0. The molecule has 0 fully saturated rings. The Balaban J connectivity index is 2.10. The molecule has 0 saturated heterocycles. The summed E-state index contributed by atoms with van der Waals surface area (Å²) in [5.74, 6) is -0.180. The highest BCUT2D eigenvalue weighted by atomic mass is 35.5. The molecule has 0 aliphatic rings. The van der Waals surface area contributed by atoms with Crippen LogP contribution in [0.5, 0.6) is 11.5 Å². The van der Waals surface area contributed by atoms with Gasteiger partial charge in [0, 0.05) is 12.1 Å². The fourth-order valence-electron chi connectivity index (χ4n) is 2.88. The van der Waals surface area contributed by atoms with Gasteiger partial charge in [-0.3, -0.25) is 0 Å². The molecular formula is C23H26Cl2O5. The van der Waals surface area contributed by atoms with Crippen molar-refractivity contribution in [3.05, 3.63) is 63.8 Å². The minimum Gasteiger partial charge on any atom is -0.503 e. The van der Waals surface area contributed by atoms with Crippen molar-refractivity contribution in [1.29, 1.82) is 0 Å². The van der Waals surface area contributed by atoms with Crippen LogP contribution >= 0.6 is 23.2 Å². The third-order valence-corrected chi connectivity index (χ3v) is 4.95. The van der Waals surface area contributed by atoms with Crippen molar-refractivity contribution in [2.75, 3.05) is 13.7 Å². The lowest BCUT2D eigenvalue weighted by Crippen LogP contribution is -2.06. The zero-order chi connectivity index (χ0) is 21.9. The normalized spacial score (nSPS) is 11.3. The van der Waals surface area contributed by atoms with Gasteiger partial charge in [-0.25, -0.2) is 4.79 Å². The summed E-state index contributed by atoms with van der Waals surface area (Å²) in [7, 11) is 1.40. The van der Waals surface area contributed by atoms with Crippen LogP contribution in [0.3, 0.4) is 0 Å². The number of halogens is 2. The summed E-state index contributed by atoms with van der Waals surface area (Å²) >= 11 is 12.7. The summed E-state index contributed by atoms with van der Waals surface area (Å²) in [6.45, 7) is 2.84. The maximum atomic E-state index is 11.5. The molecule has 2 rings (SSSR count). The number of carboxylic acid groups (broad SMARTS) is 1. The van der Waals surface area contributed by atoms with Gasteiger partial charge in [0.1, 0.15) is 17.9 Å². The zero-order valence-electron chi connectivity index (χ0n) is 17.1. The van der Waals surface area contributed by atoms with E-state index in [0.29, 0.717) is 39.3 Å². The number of aliphatic carboxylic acids is 1. The highest BCUT2D eigenvalue weighted by Gasteiger charge is 2.16. The quantitative estimate of drug-likeness (QED) is 0.223. The SMILES string of the molecule is CCCCCCOc1c(Cl)cc(OCc2ccccc2C(=COC)C(=O)O)cc1Cl. The van der Waals surface area contributed by atoms with E-state index in [1.165, 1.54) is 19.8 Å². The fraction of sp³-hybridized carbons (Fsp3) is 0.348. The van der Waals surface area contributed by atoms with Crippen molar-refractivity contribution < 1.29 is 24.1 Å². The van der Waals surface area contributed by atoms with Crippen LogP contribution < -0.4 is 9.47 Å². The second-order valence-corrected chi connectivity index (χ2v) is 7.46. The molecule has 2 aromatic carbocycles. The van der Waals surface area contributed by atoms with Gasteiger partial charge in [0.15, 0.2) is 5.75 Å². The molecular weight excluding hydrogens is 427 g/mol. The van der Waals surface area contributed by atoms with Crippen LogP contribution in [0, 0.1) is 0 Å². The van der Waals surface area contributed by atoms with Crippen LogP contribution in [0.15, 0.2) is 42.7 Å². The number of hydrogen-bond donors (Lipinski definition) is 1. The van der Waals surface area contributed by atoms with Gasteiger partial charge in [-0.1, -0.05) is 73.7 Å². The number of carboxylic acids is 1. The molecule has 1 N–H and O–H groups in total. The molecule has 5 nitrogen and oxygen atoms in total. The maximum Gasteiger partial charge on any atom is 0.339 e. The van der Waals surface area contributed by atoms with E-state index in [1.807, 2.05) is 6.07 Å². The van der Waals surface area contributed by atoms with E-state index in [1.54, 1.807) is 30.3 Å². The van der Waals surface area contributed by atoms with E-state index in [-0.39, 0.29) is 12.2 Å². The predicted molar refractivity (Wildman–Crippen MR) is 119 cm³/mol. The molecule has 0 amide bonds. The van der Waals surface area contributed by atoms with E-state index in [4.69, 9.17) is 37.4 Å². The fourth-order valence-corrected chi connectivity index (χ4v) is 3.45. The Morgan fingerprint density at radius 3 is 2.40 bits per heavy atom. The molecule has 0 aliphatic carbocycles. The Hall–Kier alpha value is -2.37. The van der Waals surface area contributed by atoms with Gasteiger partial charge < -0.3 is 19.3 Å². The zero-order valence-corrected chi connectivity index (χ0v) is 18.6. The van der Waals surface area contributed by atoms with Gasteiger partial charge in [0.25, 0.3) is 0 Å². The van der Waals surface area contributed by atoms with Gasteiger partial charge in [-0.05, 0) is 17.5 Å². The smallest absolute Gasteiger partial charge is 0.339 e. The molecule has 0 bridgehead atoms. The van der Waals surface area contributed by atoms with Gasteiger partial charge in [0.05, 0.1) is 30.0 Å². The Bertz CT molecular complexity index is 857. The lowest BCUT2D eigenvalue weighted by molar-refractivity contribution is -0.130. The molecule has 0 radical (unpaired) electrons. The van der Waals surface area contributed by atoms with Crippen LogP contribution in [0.1, 0.15) is 43.7 Å². The molecule has 0 heterocycles. The minimum atomic E-state index is -1.09. The summed E-state index contributed by atoms with van der Waals surface area (Å²) in [5.41, 5.74) is 1.24. The maximum absolute atomic E-state index is 11.5. The summed E-state index contributed by atoms with van der Waals surface area (Å²) in [6, 6.07) is 10.3. The van der Waals surface area contributed by atoms with E-state index < -0.39 is 5.97 Å². The van der Waals surface area contributed by atoms with Crippen molar-refractivity contribution >= 4 is 34.7 Å². The molecule has 30 heavy (non-hydrogen) atoms. The molecule has 2 aromatic rings. The molecule has 0 aliphatic heterocycles. The monoisotopic (exact) mass is 452 g/mol. The van der Waals surface area contributed by atoms with Crippen LogP contribution in [-0.2, 0) is 16.1 Å². The molecule has 0 spiro atoms. The van der Waals surface area contributed by atoms with Gasteiger partial charge in [-0.15, -0.1) is 0 Å². The van der Waals surface area contributed by atoms with Gasteiger partial charge in [0.2, 0.25) is 0 Å². The first-order chi connectivity index (χ1) is 14.5. The van der Waals surface area contributed by atoms with Gasteiger partial charge in [-0.2, -0.15) is 0 Å². The molecule has 0 aromatic heterocycles. The minimum absolute atomic E-state index is 0.0413. The number of methoxy groups -OCH3 is 1. The number of carbonyl (C=O) groups is 1. The Morgan fingerprint density at radius 1 is 1.07 bits per heavy atom. The van der Waals surface area contributed by atoms with Crippen molar-refractivity contribution in [2.24, 2.45) is 0 Å². The second-order valence-electron chi connectivity index (χ2n) is 6.64. The van der Waals surface area contributed by atoms with E-state index in [9.17, 15) is 9.90 Å². The average Bonchev–Trinajstić information content (AvgIpc) is 2.72. The van der Waals surface area contributed by atoms with E-state index >= 15 is 0 Å². The number of unbranched alkanes of at least 4 members (excludes halogenated alkanes) is 3. The Kier molecular flexibility index (Phi) is 9.84. The van der Waals surface area contributed by atoms with Crippen LogP contribution in [-0.4, -0.2) is 24.8 Å². The Labute approximate surface area is 187 Å². The molecule has 162 valence electrons. The van der Waals surface area contributed by atoms with Gasteiger partial charge >= 0.3 is 5.97 Å². The third kappa shape index (κ3) is 6.85. The highest BCUT2D eigenvalue weighted by molar-refractivity contribution is 6.37. The second kappa shape index (κ2) is 12.4. The van der Waals surface area contributed by atoms with Crippen molar-refractivity contribution in [1.82, 2.24) is 0 Å². The van der Waals surface area contributed by atoms with Crippen LogP contribution in [0.4, 0.5) is 0 Å². The first-order valence-corrected chi connectivity index (χ1v) is 10.5. The standard InChI is InChI=1S/C23H26Cl2O5/c1-3-4-5-8-11-29-22-20(24)12-17(13-21(22)25)30-14-16-9-6-7-10-18(16)19(15-28-2)23(26)27/h6-7,9-10,12-13,15H,3-5,8,11,14H2,1-2H3,(H,26,27). The average molecular weight is 453 g/mol. The number of rotatable bonds is 12. The van der Waals surface area contributed by atoms with Crippen molar-refractivity contribution in [2.45, 2.75) is 39.2 Å². The first-order valence-electron chi connectivity index (χ1n) is 9.77. The van der Waals surface area contributed by atoms with Crippen LogP contribution in [0.2, 0.25) is 10.0 Å². The molecule has 0 unspecified atom stereocenters. The van der Waals surface area contributed by atoms with E-state index in [0.717, 1.165) is 19.3 Å². The summed E-state index contributed by atoms with van der Waals surface area (Å²) in [4.78, 5) is 11.5. The number of benzene rings is 2. The van der Waals surface area contributed by atoms with E-state index in [2.05, 4.69) is 6.92 Å². The lowest BCUT2D eigenvalue weighted by Gasteiger charge is -2.14. The largest absolute Gasteiger partial charge is 0.503 e. The third-order valence-electron chi connectivity index (χ3n) is 4.38. The Morgan fingerprint density at radius 2 is 1.77 bits per heavy atom.